The Hall–Kier alpha value is -2.62. The zero-order valence-electron chi connectivity index (χ0n) is 11.0. The second-order valence-electron chi connectivity index (χ2n) is 4.73. The van der Waals surface area contributed by atoms with Gasteiger partial charge in [0.15, 0.2) is 0 Å². The molecule has 100 valence electrons. The summed E-state index contributed by atoms with van der Waals surface area (Å²) in [6.07, 6.45) is 1.61. The van der Waals surface area contributed by atoms with Crippen molar-refractivity contribution in [2.45, 2.75) is 12.8 Å². The van der Waals surface area contributed by atoms with Crippen molar-refractivity contribution in [2.75, 3.05) is 5.32 Å². The molecule has 2 aromatic carbocycles. The minimum absolute atomic E-state index is 0.320. The fourth-order valence-electron chi connectivity index (χ4n) is 2.29. The predicted octanol–water partition coefficient (Wildman–Crippen LogP) is 2.96. The Morgan fingerprint density at radius 2 is 1.50 bits per heavy atom. The number of para-hydroxylation sites is 1. The molecule has 0 spiro atoms. The maximum Gasteiger partial charge on any atom is 0.339 e. The van der Waals surface area contributed by atoms with E-state index in [0.29, 0.717) is 0 Å². The molecule has 1 aliphatic carbocycles. The summed E-state index contributed by atoms with van der Waals surface area (Å²) in [5, 5.41) is 6.92. The van der Waals surface area contributed by atoms with Crippen molar-refractivity contribution in [2.24, 2.45) is 5.10 Å². The minimum atomic E-state index is -0.320. The predicted molar refractivity (Wildman–Crippen MR) is 79.9 cm³/mol. The van der Waals surface area contributed by atoms with Crippen molar-refractivity contribution < 1.29 is 4.79 Å². The average Bonchev–Trinajstić information content (AvgIpc) is 2.89. The monoisotopic (exact) mass is 265 g/mol. The zero-order chi connectivity index (χ0) is 13.8. The van der Waals surface area contributed by atoms with Crippen LogP contribution in [0.3, 0.4) is 0 Å². The second kappa shape index (κ2) is 5.57. The van der Waals surface area contributed by atoms with Gasteiger partial charge in [-0.05, 0) is 23.3 Å². The van der Waals surface area contributed by atoms with Crippen molar-refractivity contribution >= 4 is 17.4 Å². The molecule has 1 aliphatic rings. The number of benzene rings is 2. The number of amides is 2. The molecule has 2 aromatic rings. The summed E-state index contributed by atoms with van der Waals surface area (Å²) in [5.41, 5.74) is 6.85. The normalized spacial score (nSPS) is 12.7. The first-order valence-electron chi connectivity index (χ1n) is 6.55. The van der Waals surface area contributed by atoms with E-state index in [-0.39, 0.29) is 6.03 Å². The van der Waals surface area contributed by atoms with Crippen LogP contribution in [0, 0.1) is 0 Å². The Morgan fingerprint density at radius 3 is 2.15 bits per heavy atom. The molecule has 2 amide bonds. The van der Waals surface area contributed by atoms with Gasteiger partial charge in [-0.1, -0.05) is 42.5 Å². The van der Waals surface area contributed by atoms with Gasteiger partial charge in [0.25, 0.3) is 0 Å². The lowest BCUT2D eigenvalue weighted by atomic mass is 10.1. The summed E-state index contributed by atoms with van der Waals surface area (Å²) in [5.74, 6) is 0. The summed E-state index contributed by atoms with van der Waals surface area (Å²) in [6, 6.07) is 17.2. The molecule has 0 radical (unpaired) electrons. The van der Waals surface area contributed by atoms with E-state index in [1.165, 1.54) is 11.1 Å². The van der Waals surface area contributed by atoms with E-state index in [4.69, 9.17) is 0 Å². The van der Waals surface area contributed by atoms with E-state index in [0.717, 1.165) is 24.2 Å². The summed E-state index contributed by atoms with van der Waals surface area (Å²) < 4.78 is 0. The van der Waals surface area contributed by atoms with E-state index >= 15 is 0 Å². The number of hydrogen-bond donors (Lipinski definition) is 2. The largest absolute Gasteiger partial charge is 0.339 e. The summed E-state index contributed by atoms with van der Waals surface area (Å²) in [4.78, 5) is 11.7. The van der Waals surface area contributed by atoms with Crippen molar-refractivity contribution in [3.8, 4) is 0 Å². The highest BCUT2D eigenvalue weighted by Gasteiger charge is 2.16. The Kier molecular flexibility index (Phi) is 3.46. The van der Waals surface area contributed by atoms with Crippen LogP contribution < -0.4 is 10.7 Å². The van der Waals surface area contributed by atoms with Crippen molar-refractivity contribution in [1.29, 1.82) is 0 Å². The number of carbonyl (C=O) groups is 1. The van der Waals surface area contributed by atoms with Crippen LogP contribution in [0.5, 0.6) is 0 Å². The zero-order valence-corrected chi connectivity index (χ0v) is 11.0. The maximum atomic E-state index is 11.7. The fourth-order valence-corrected chi connectivity index (χ4v) is 2.29. The molecular formula is C16H15N3O. The lowest BCUT2D eigenvalue weighted by Crippen LogP contribution is -2.25. The van der Waals surface area contributed by atoms with E-state index in [2.05, 4.69) is 28.0 Å². The van der Waals surface area contributed by atoms with Crippen LogP contribution in [0.25, 0.3) is 0 Å². The topological polar surface area (TPSA) is 53.5 Å². The second-order valence-corrected chi connectivity index (χ2v) is 4.73. The molecule has 2 N–H and O–H groups in total. The minimum Gasteiger partial charge on any atom is -0.307 e. The Balaban J connectivity index is 1.58. The van der Waals surface area contributed by atoms with Crippen LogP contribution in [0.15, 0.2) is 59.7 Å². The van der Waals surface area contributed by atoms with Gasteiger partial charge in [-0.2, -0.15) is 5.10 Å². The molecule has 0 unspecified atom stereocenters. The molecule has 0 saturated heterocycles. The van der Waals surface area contributed by atoms with Gasteiger partial charge in [0, 0.05) is 24.2 Å². The highest BCUT2D eigenvalue weighted by molar-refractivity contribution is 5.95. The first kappa shape index (κ1) is 12.4. The van der Waals surface area contributed by atoms with Gasteiger partial charge < -0.3 is 5.32 Å². The van der Waals surface area contributed by atoms with E-state index in [1.54, 1.807) is 0 Å². The van der Waals surface area contributed by atoms with Gasteiger partial charge in [-0.3, -0.25) is 0 Å². The molecule has 0 fully saturated rings. The fraction of sp³-hybridized carbons (Fsp3) is 0.125. The molecule has 20 heavy (non-hydrogen) atoms. The first-order valence-corrected chi connectivity index (χ1v) is 6.55. The summed E-state index contributed by atoms with van der Waals surface area (Å²) >= 11 is 0. The van der Waals surface area contributed by atoms with Gasteiger partial charge in [-0.25, -0.2) is 10.2 Å². The molecule has 0 aromatic heterocycles. The maximum absolute atomic E-state index is 11.7. The van der Waals surface area contributed by atoms with Crippen LogP contribution in [-0.4, -0.2) is 11.7 Å². The van der Waals surface area contributed by atoms with Crippen molar-refractivity contribution in [3.05, 3.63) is 65.7 Å². The third-order valence-electron chi connectivity index (χ3n) is 3.25. The number of rotatable bonds is 2. The Labute approximate surface area is 117 Å². The molecule has 0 heterocycles. The van der Waals surface area contributed by atoms with E-state index < -0.39 is 0 Å². The highest BCUT2D eigenvalue weighted by Crippen LogP contribution is 2.19. The van der Waals surface area contributed by atoms with Crippen LogP contribution in [0.2, 0.25) is 0 Å². The number of urea groups is 1. The van der Waals surface area contributed by atoms with E-state index in [1.807, 2.05) is 42.5 Å². The van der Waals surface area contributed by atoms with Crippen molar-refractivity contribution in [1.82, 2.24) is 5.43 Å². The third kappa shape index (κ3) is 2.85. The Morgan fingerprint density at radius 1 is 0.900 bits per heavy atom. The van der Waals surface area contributed by atoms with E-state index in [9.17, 15) is 4.79 Å². The van der Waals surface area contributed by atoms with Gasteiger partial charge in [0.1, 0.15) is 0 Å². The van der Waals surface area contributed by atoms with Gasteiger partial charge >= 0.3 is 6.03 Å². The van der Waals surface area contributed by atoms with Crippen LogP contribution in [-0.2, 0) is 12.8 Å². The lowest BCUT2D eigenvalue weighted by molar-refractivity contribution is 0.252. The number of hydrogen-bond acceptors (Lipinski definition) is 2. The number of fused-ring (bicyclic) bond motifs is 1. The van der Waals surface area contributed by atoms with Gasteiger partial charge in [0.05, 0.1) is 0 Å². The molecule has 0 bridgehead atoms. The third-order valence-corrected chi connectivity index (χ3v) is 3.25. The molecular weight excluding hydrogens is 250 g/mol. The van der Waals surface area contributed by atoms with Crippen LogP contribution in [0.4, 0.5) is 10.5 Å². The van der Waals surface area contributed by atoms with Gasteiger partial charge in [-0.15, -0.1) is 0 Å². The number of anilines is 1. The number of nitrogens with one attached hydrogen (secondary N) is 2. The molecule has 0 aliphatic heterocycles. The van der Waals surface area contributed by atoms with Crippen LogP contribution >= 0.6 is 0 Å². The SMILES string of the molecule is O=C(NN=C1Cc2ccccc2C1)Nc1ccccc1. The smallest absolute Gasteiger partial charge is 0.307 e. The van der Waals surface area contributed by atoms with Crippen LogP contribution in [0.1, 0.15) is 11.1 Å². The number of nitrogens with zero attached hydrogens (tertiary/aromatic N) is 1. The first-order chi connectivity index (χ1) is 9.81. The summed E-state index contributed by atoms with van der Waals surface area (Å²) in [6.45, 7) is 0. The molecule has 4 heteroatoms. The number of hydrazone groups is 1. The average molecular weight is 265 g/mol. The molecule has 0 saturated carbocycles. The molecule has 3 rings (SSSR count). The van der Waals surface area contributed by atoms with Gasteiger partial charge in [0.2, 0.25) is 0 Å². The highest BCUT2D eigenvalue weighted by atomic mass is 16.2. The Bertz CT molecular complexity index is 623. The summed E-state index contributed by atoms with van der Waals surface area (Å²) in [7, 11) is 0. The molecule has 0 atom stereocenters. The molecule has 4 nitrogen and oxygen atoms in total. The number of carbonyl (C=O) groups excluding carboxylic acids is 1. The quantitative estimate of drug-likeness (QED) is 0.806. The standard InChI is InChI=1S/C16H15N3O/c20-16(17-14-8-2-1-3-9-14)19-18-15-10-12-6-4-5-7-13(12)11-15/h1-9H,10-11H2,(H2,17,19,20). The lowest BCUT2D eigenvalue weighted by Gasteiger charge is -2.04. The van der Waals surface area contributed by atoms with Crippen molar-refractivity contribution in [3.63, 3.8) is 0 Å².